The Morgan fingerprint density at radius 2 is 2.00 bits per heavy atom. The molecule has 1 aromatic rings. The third-order valence-corrected chi connectivity index (χ3v) is 2.98. The Hall–Kier alpha value is -2.28. The van der Waals surface area contributed by atoms with Crippen LogP contribution in [0, 0.1) is 0 Å². The zero-order valence-corrected chi connectivity index (χ0v) is 11.9. The molecular formula is C14H19NO6. The van der Waals surface area contributed by atoms with Crippen LogP contribution in [-0.2, 0) is 9.59 Å². The SMILES string of the molecule is CCOc1cccc(C(C(=O)O)N(C)CCC(=O)O)c1O. The van der Waals surface area contributed by atoms with Gasteiger partial charge in [-0.25, -0.2) is 0 Å². The van der Waals surface area contributed by atoms with Crippen molar-refractivity contribution in [3.05, 3.63) is 23.8 Å². The van der Waals surface area contributed by atoms with Gasteiger partial charge in [0.15, 0.2) is 11.5 Å². The summed E-state index contributed by atoms with van der Waals surface area (Å²) in [6.45, 7) is 2.13. The molecule has 0 bridgehead atoms. The van der Waals surface area contributed by atoms with Crippen LogP contribution in [0.15, 0.2) is 18.2 Å². The van der Waals surface area contributed by atoms with Crippen LogP contribution in [0.5, 0.6) is 11.5 Å². The summed E-state index contributed by atoms with van der Waals surface area (Å²) in [6, 6.07) is 3.46. The molecule has 0 aliphatic carbocycles. The number of para-hydroxylation sites is 1. The second kappa shape index (κ2) is 7.49. The second-order valence-electron chi connectivity index (χ2n) is 4.49. The summed E-state index contributed by atoms with van der Waals surface area (Å²) in [7, 11) is 1.49. The van der Waals surface area contributed by atoms with E-state index < -0.39 is 18.0 Å². The maximum atomic E-state index is 11.5. The first-order valence-electron chi connectivity index (χ1n) is 6.48. The molecular weight excluding hydrogens is 278 g/mol. The highest BCUT2D eigenvalue weighted by molar-refractivity contribution is 5.77. The van der Waals surface area contributed by atoms with E-state index in [9.17, 15) is 19.8 Å². The summed E-state index contributed by atoms with van der Waals surface area (Å²) in [6.07, 6.45) is -0.188. The molecule has 0 spiro atoms. The van der Waals surface area contributed by atoms with Crippen LogP contribution < -0.4 is 4.74 Å². The molecule has 0 aliphatic heterocycles. The van der Waals surface area contributed by atoms with Crippen molar-refractivity contribution in [2.24, 2.45) is 0 Å². The first kappa shape index (κ1) is 16.8. The molecule has 7 heteroatoms. The number of carboxylic acids is 2. The predicted octanol–water partition coefficient (Wildman–Crippen LogP) is 1.32. The van der Waals surface area contributed by atoms with E-state index in [2.05, 4.69) is 0 Å². The molecule has 0 fully saturated rings. The lowest BCUT2D eigenvalue weighted by atomic mass is 10.0. The van der Waals surface area contributed by atoms with E-state index in [-0.39, 0.29) is 30.0 Å². The quantitative estimate of drug-likeness (QED) is 0.664. The summed E-state index contributed by atoms with van der Waals surface area (Å²) < 4.78 is 5.23. The number of phenols is 1. The summed E-state index contributed by atoms with van der Waals surface area (Å²) in [5.74, 6) is -2.23. The third-order valence-electron chi connectivity index (χ3n) is 2.98. The number of aromatic hydroxyl groups is 1. The first-order valence-corrected chi connectivity index (χ1v) is 6.48. The first-order chi connectivity index (χ1) is 9.88. The molecule has 1 unspecified atom stereocenters. The summed E-state index contributed by atoms with van der Waals surface area (Å²) in [5, 5.41) is 28.2. The van der Waals surface area contributed by atoms with Gasteiger partial charge in [-0.05, 0) is 20.0 Å². The molecule has 0 saturated carbocycles. The number of benzene rings is 1. The minimum Gasteiger partial charge on any atom is -0.504 e. The highest BCUT2D eigenvalue weighted by atomic mass is 16.5. The van der Waals surface area contributed by atoms with Gasteiger partial charge in [-0.2, -0.15) is 0 Å². The Morgan fingerprint density at radius 3 is 2.52 bits per heavy atom. The zero-order chi connectivity index (χ0) is 16.0. The van der Waals surface area contributed by atoms with Gasteiger partial charge in [0.25, 0.3) is 0 Å². The highest BCUT2D eigenvalue weighted by Gasteiger charge is 2.28. The van der Waals surface area contributed by atoms with Crippen molar-refractivity contribution in [3.63, 3.8) is 0 Å². The normalized spacial score (nSPS) is 12.1. The van der Waals surface area contributed by atoms with E-state index in [0.717, 1.165) is 0 Å². The lowest BCUT2D eigenvalue weighted by Crippen LogP contribution is -2.32. The minimum atomic E-state index is -1.17. The number of rotatable bonds is 8. The third kappa shape index (κ3) is 4.35. The molecule has 3 N–H and O–H groups in total. The summed E-state index contributed by atoms with van der Waals surface area (Å²) >= 11 is 0. The van der Waals surface area contributed by atoms with Crippen LogP contribution in [0.2, 0.25) is 0 Å². The average molecular weight is 297 g/mol. The highest BCUT2D eigenvalue weighted by Crippen LogP contribution is 2.35. The van der Waals surface area contributed by atoms with Gasteiger partial charge < -0.3 is 20.1 Å². The van der Waals surface area contributed by atoms with Crippen molar-refractivity contribution in [1.29, 1.82) is 0 Å². The molecule has 1 aromatic carbocycles. The van der Waals surface area contributed by atoms with Gasteiger partial charge in [-0.15, -0.1) is 0 Å². The van der Waals surface area contributed by atoms with Gasteiger partial charge in [0.2, 0.25) is 0 Å². The number of carboxylic acid groups (broad SMARTS) is 2. The Morgan fingerprint density at radius 1 is 1.33 bits per heavy atom. The van der Waals surface area contributed by atoms with Crippen molar-refractivity contribution >= 4 is 11.9 Å². The molecule has 21 heavy (non-hydrogen) atoms. The molecule has 0 radical (unpaired) electrons. The van der Waals surface area contributed by atoms with Crippen molar-refractivity contribution in [1.82, 2.24) is 4.90 Å². The van der Waals surface area contributed by atoms with Gasteiger partial charge in [0.1, 0.15) is 6.04 Å². The number of phenolic OH excluding ortho intramolecular Hbond substituents is 1. The Balaban J connectivity index is 3.08. The molecule has 116 valence electrons. The van der Waals surface area contributed by atoms with Crippen LogP contribution in [0.25, 0.3) is 0 Å². The maximum Gasteiger partial charge on any atom is 0.325 e. The lowest BCUT2D eigenvalue weighted by Gasteiger charge is -2.25. The topological polar surface area (TPSA) is 107 Å². The fraction of sp³-hybridized carbons (Fsp3) is 0.429. The molecule has 0 heterocycles. The molecule has 1 rings (SSSR count). The number of likely N-dealkylation sites (N-methyl/N-ethyl adjacent to an activating group) is 1. The standard InChI is InChI=1S/C14H19NO6/c1-3-21-10-6-4-5-9(13(10)18)12(14(19)20)15(2)8-7-11(16)17/h4-6,12,18H,3,7-8H2,1-2H3,(H,16,17)(H,19,20). The van der Waals surface area contributed by atoms with E-state index in [1.807, 2.05) is 0 Å². The lowest BCUT2D eigenvalue weighted by molar-refractivity contribution is -0.144. The zero-order valence-electron chi connectivity index (χ0n) is 11.9. The number of hydrogen-bond donors (Lipinski definition) is 3. The predicted molar refractivity (Wildman–Crippen MR) is 74.5 cm³/mol. The van der Waals surface area contributed by atoms with Crippen molar-refractivity contribution in [2.45, 2.75) is 19.4 Å². The minimum absolute atomic E-state index is 0.0462. The number of ether oxygens (including phenoxy) is 1. The molecule has 0 aliphatic rings. The Labute approximate surface area is 122 Å². The molecule has 7 nitrogen and oxygen atoms in total. The van der Waals surface area contributed by atoms with Crippen LogP contribution in [0.3, 0.4) is 0 Å². The second-order valence-corrected chi connectivity index (χ2v) is 4.49. The van der Waals surface area contributed by atoms with Crippen LogP contribution in [0.1, 0.15) is 24.9 Å². The van der Waals surface area contributed by atoms with Gasteiger partial charge in [0, 0.05) is 12.1 Å². The van der Waals surface area contributed by atoms with E-state index >= 15 is 0 Å². The molecule has 1 atom stereocenters. The summed E-state index contributed by atoms with van der Waals surface area (Å²) in [4.78, 5) is 23.4. The monoisotopic (exact) mass is 297 g/mol. The average Bonchev–Trinajstić information content (AvgIpc) is 2.40. The number of nitrogens with zero attached hydrogens (tertiary/aromatic N) is 1. The fourth-order valence-electron chi connectivity index (χ4n) is 1.99. The van der Waals surface area contributed by atoms with E-state index in [0.29, 0.717) is 6.61 Å². The van der Waals surface area contributed by atoms with Crippen LogP contribution in [-0.4, -0.2) is 52.4 Å². The van der Waals surface area contributed by atoms with Gasteiger partial charge in [-0.1, -0.05) is 12.1 Å². The Kier molecular flexibility index (Phi) is 5.98. The van der Waals surface area contributed by atoms with Gasteiger partial charge in [0.05, 0.1) is 13.0 Å². The van der Waals surface area contributed by atoms with Crippen LogP contribution >= 0.6 is 0 Å². The van der Waals surface area contributed by atoms with Crippen molar-refractivity contribution in [2.75, 3.05) is 20.2 Å². The molecule has 0 amide bonds. The smallest absolute Gasteiger partial charge is 0.325 e. The largest absolute Gasteiger partial charge is 0.504 e. The number of carbonyl (C=O) groups is 2. The van der Waals surface area contributed by atoms with E-state index in [1.54, 1.807) is 19.1 Å². The Bertz CT molecular complexity index is 516. The van der Waals surface area contributed by atoms with Crippen molar-refractivity contribution < 1.29 is 29.6 Å². The fourth-order valence-corrected chi connectivity index (χ4v) is 1.99. The van der Waals surface area contributed by atoms with E-state index in [4.69, 9.17) is 9.84 Å². The summed E-state index contributed by atoms with van der Waals surface area (Å²) in [5.41, 5.74) is 0.168. The van der Waals surface area contributed by atoms with Crippen LogP contribution in [0.4, 0.5) is 0 Å². The van der Waals surface area contributed by atoms with Gasteiger partial charge in [-0.3, -0.25) is 14.5 Å². The van der Waals surface area contributed by atoms with E-state index in [1.165, 1.54) is 18.0 Å². The van der Waals surface area contributed by atoms with Crippen molar-refractivity contribution in [3.8, 4) is 11.5 Å². The maximum absolute atomic E-state index is 11.5. The number of aliphatic carboxylic acids is 2. The number of hydrogen-bond acceptors (Lipinski definition) is 5. The molecule has 0 saturated heterocycles. The van der Waals surface area contributed by atoms with Gasteiger partial charge >= 0.3 is 11.9 Å². The molecule has 0 aromatic heterocycles.